The van der Waals surface area contributed by atoms with Gasteiger partial charge in [-0.25, -0.2) is 4.39 Å². The molecule has 0 radical (unpaired) electrons. The van der Waals surface area contributed by atoms with E-state index >= 15 is 0 Å². The van der Waals surface area contributed by atoms with Crippen LogP contribution in [-0.2, 0) is 6.42 Å². The Bertz CT molecular complexity index is 714. The fourth-order valence-corrected chi connectivity index (χ4v) is 2.27. The maximum atomic E-state index is 12.9. The number of H-pyrrole nitrogens is 1. The summed E-state index contributed by atoms with van der Waals surface area (Å²) in [6.45, 7) is 2.07. The van der Waals surface area contributed by atoms with E-state index in [2.05, 4.69) is 29.3 Å². The number of benzene rings is 2. The van der Waals surface area contributed by atoms with Crippen molar-refractivity contribution < 1.29 is 4.39 Å². The molecular formula is C17H15FN2. The maximum absolute atomic E-state index is 12.9. The number of nitrogens with one attached hydrogen (secondary N) is 1. The fourth-order valence-electron chi connectivity index (χ4n) is 2.27. The van der Waals surface area contributed by atoms with Crippen LogP contribution in [0.5, 0.6) is 0 Å². The molecule has 2 aromatic carbocycles. The molecule has 1 heterocycles. The van der Waals surface area contributed by atoms with Gasteiger partial charge in [-0.15, -0.1) is 0 Å². The van der Waals surface area contributed by atoms with Gasteiger partial charge in [0.1, 0.15) is 5.82 Å². The van der Waals surface area contributed by atoms with Crippen LogP contribution in [0.25, 0.3) is 11.3 Å². The Balaban J connectivity index is 1.84. The highest BCUT2D eigenvalue weighted by Gasteiger charge is 2.06. The third kappa shape index (κ3) is 2.62. The van der Waals surface area contributed by atoms with Crippen LogP contribution in [0.4, 0.5) is 4.39 Å². The first-order chi connectivity index (χ1) is 9.72. The molecule has 0 atom stereocenters. The van der Waals surface area contributed by atoms with Crippen molar-refractivity contribution >= 4 is 0 Å². The van der Waals surface area contributed by atoms with E-state index in [1.807, 2.05) is 18.2 Å². The average Bonchev–Trinajstić information content (AvgIpc) is 2.90. The SMILES string of the molecule is Cc1ccccc1-c1cc(Cc2ccc(F)cc2)[nH]n1. The fraction of sp³-hybridized carbons (Fsp3) is 0.118. The van der Waals surface area contributed by atoms with E-state index < -0.39 is 0 Å². The monoisotopic (exact) mass is 266 g/mol. The summed E-state index contributed by atoms with van der Waals surface area (Å²) in [5, 5.41) is 7.41. The van der Waals surface area contributed by atoms with Crippen LogP contribution in [0.2, 0.25) is 0 Å². The molecule has 0 aliphatic rings. The van der Waals surface area contributed by atoms with Crippen LogP contribution in [0.3, 0.4) is 0 Å². The van der Waals surface area contributed by atoms with E-state index in [4.69, 9.17) is 0 Å². The zero-order valence-corrected chi connectivity index (χ0v) is 11.2. The van der Waals surface area contributed by atoms with E-state index in [1.165, 1.54) is 17.7 Å². The van der Waals surface area contributed by atoms with Crippen LogP contribution in [0.1, 0.15) is 16.8 Å². The summed E-state index contributed by atoms with van der Waals surface area (Å²) in [5.41, 5.74) is 5.36. The highest BCUT2D eigenvalue weighted by molar-refractivity contribution is 5.63. The number of aromatic amines is 1. The highest BCUT2D eigenvalue weighted by Crippen LogP contribution is 2.22. The Kier molecular flexibility index (Phi) is 3.33. The van der Waals surface area contributed by atoms with Gasteiger partial charge in [-0.3, -0.25) is 5.10 Å². The molecule has 20 heavy (non-hydrogen) atoms. The van der Waals surface area contributed by atoms with Gasteiger partial charge in [-0.2, -0.15) is 5.10 Å². The molecule has 0 unspecified atom stereocenters. The largest absolute Gasteiger partial charge is 0.282 e. The number of nitrogens with zero attached hydrogens (tertiary/aromatic N) is 1. The summed E-state index contributed by atoms with van der Waals surface area (Å²) in [5.74, 6) is -0.209. The smallest absolute Gasteiger partial charge is 0.123 e. The first kappa shape index (κ1) is 12.6. The van der Waals surface area contributed by atoms with Gasteiger partial charge < -0.3 is 0 Å². The first-order valence-corrected chi connectivity index (χ1v) is 6.57. The quantitative estimate of drug-likeness (QED) is 0.759. The lowest BCUT2D eigenvalue weighted by Crippen LogP contribution is -1.88. The van der Waals surface area contributed by atoms with Crippen molar-refractivity contribution in [3.8, 4) is 11.3 Å². The first-order valence-electron chi connectivity index (χ1n) is 6.57. The highest BCUT2D eigenvalue weighted by atomic mass is 19.1. The molecule has 3 heteroatoms. The molecule has 3 aromatic rings. The minimum Gasteiger partial charge on any atom is -0.282 e. The van der Waals surface area contributed by atoms with Crippen molar-refractivity contribution in [3.63, 3.8) is 0 Å². The Morgan fingerprint density at radius 2 is 1.80 bits per heavy atom. The Morgan fingerprint density at radius 3 is 2.55 bits per heavy atom. The van der Waals surface area contributed by atoms with E-state index in [-0.39, 0.29) is 5.82 Å². The normalized spacial score (nSPS) is 10.7. The summed E-state index contributed by atoms with van der Waals surface area (Å²) in [6, 6.07) is 16.8. The van der Waals surface area contributed by atoms with Crippen molar-refractivity contribution in [2.75, 3.05) is 0 Å². The van der Waals surface area contributed by atoms with Crippen molar-refractivity contribution in [2.45, 2.75) is 13.3 Å². The van der Waals surface area contributed by atoms with E-state index in [1.54, 1.807) is 12.1 Å². The lowest BCUT2D eigenvalue weighted by atomic mass is 10.0. The Hall–Kier alpha value is -2.42. The van der Waals surface area contributed by atoms with Gasteiger partial charge in [0, 0.05) is 17.7 Å². The van der Waals surface area contributed by atoms with Crippen LogP contribution in [0.15, 0.2) is 54.6 Å². The summed E-state index contributed by atoms with van der Waals surface area (Å²) < 4.78 is 12.9. The van der Waals surface area contributed by atoms with Gasteiger partial charge in [0.2, 0.25) is 0 Å². The van der Waals surface area contributed by atoms with Crippen molar-refractivity contribution in [3.05, 3.63) is 77.2 Å². The second kappa shape index (κ2) is 5.29. The zero-order chi connectivity index (χ0) is 13.9. The molecule has 0 fully saturated rings. The second-order valence-electron chi connectivity index (χ2n) is 4.90. The van der Waals surface area contributed by atoms with E-state index in [0.29, 0.717) is 0 Å². The molecule has 0 amide bonds. The molecule has 1 aromatic heterocycles. The van der Waals surface area contributed by atoms with Crippen LogP contribution < -0.4 is 0 Å². The number of rotatable bonds is 3. The van der Waals surface area contributed by atoms with Crippen LogP contribution in [-0.4, -0.2) is 10.2 Å². The summed E-state index contributed by atoms with van der Waals surface area (Å²) in [4.78, 5) is 0. The molecule has 0 saturated carbocycles. The molecule has 0 spiro atoms. The number of aryl methyl sites for hydroxylation is 1. The lowest BCUT2D eigenvalue weighted by molar-refractivity contribution is 0.627. The molecule has 2 nitrogen and oxygen atoms in total. The Labute approximate surface area is 117 Å². The van der Waals surface area contributed by atoms with Gasteiger partial charge in [-0.05, 0) is 36.2 Å². The minimum absolute atomic E-state index is 0.209. The number of halogens is 1. The van der Waals surface area contributed by atoms with E-state index in [0.717, 1.165) is 28.9 Å². The molecular weight excluding hydrogens is 251 g/mol. The van der Waals surface area contributed by atoms with Crippen LogP contribution >= 0.6 is 0 Å². The minimum atomic E-state index is -0.209. The molecule has 100 valence electrons. The van der Waals surface area contributed by atoms with Crippen LogP contribution in [0, 0.1) is 12.7 Å². The number of hydrogen-bond acceptors (Lipinski definition) is 1. The summed E-state index contributed by atoms with van der Waals surface area (Å²) >= 11 is 0. The molecule has 1 N–H and O–H groups in total. The number of hydrogen-bond donors (Lipinski definition) is 1. The van der Waals surface area contributed by atoms with Crippen molar-refractivity contribution in [1.82, 2.24) is 10.2 Å². The standard InChI is InChI=1S/C17H15FN2/c1-12-4-2-3-5-16(12)17-11-15(19-20-17)10-13-6-8-14(18)9-7-13/h2-9,11H,10H2,1H3,(H,19,20). The molecule has 0 aliphatic heterocycles. The molecule has 0 aliphatic carbocycles. The summed E-state index contributed by atoms with van der Waals surface area (Å²) in [7, 11) is 0. The maximum Gasteiger partial charge on any atom is 0.123 e. The van der Waals surface area contributed by atoms with Crippen molar-refractivity contribution in [1.29, 1.82) is 0 Å². The van der Waals surface area contributed by atoms with Gasteiger partial charge in [0.05, 0.1) is 5.69 Å². The number of aromatic nitrogens is 2. The predicted molar refractivity (Wildman–Crippen MR) is 78.0 cm³/mol. The van der Waals surface area contributed by atoms with Gasteiger partial charge in [0.25, 0.3) is 0 Å². The van der Waals surface area contributed by atoms with Gasteiger partial charge in [-0.1, -0.05) is 36.4 Å². The Morgan fingerprint density at radius 1 is 1.05 bits per heavy atom. The van der Waals surface area contributed by atoms with E-state index in [9.17, 15) is 4.39 Å². The third-order valence-electron chi connectivity index (χ3n) is 3.36. The average molecular weight is 266 g/mol. The van der Waals surface area contributed by atoms with Gasteiger partial charge >= 0.3 is 0 Å². The second-order valence-corrected chi connectivity index (χ2v) is 4.90. The van der Waals surface area contributed by atoms with Crippen molar-refractivity contribution in [2.24, 2.45) is 0 Å². The predicted octanol–water partition coefficient (Wildman–Crippen LogP) is 4.12. The van der Waals surface area contributed by atoms with Gasteiger partial charge in [0.15, 0.2) is 0 Å². The zero-order valence-electron chi connectivity index (χ0n) is 11.2. The molecule has 0 bridgehead atoms. The third-order valence-corrected chi connectivity index (χ3v) is 3.36. The lowest BCUT2D eigenvalue weighted by Gasteiger charge is -2.00. The molecule has 3 rings (SSSR count). The molecule has 0 saturated heterocycles. The summed E-state index contributed by atoms with van der Waals surface area (Å²) in [6.07, 6.45) is 0.721. The topological polar surface area (TPSA) is 28.7 Å².